The molecule has 0 N–H and O–H groups in total. The molecule has 0 aromatic carbocycles. The Labute approximate surface area is 428 Å². The van der Waals surface area contributed by atoms with E-state index in [4.69, 9.17) is 14.2 Å². The van der Waals surface area contributed by atoms with E-state index in [9.17, 15) is 14.4 Å². The molecule has 1 atom stereocenters. The van der Waals surface area contributed by atoms with Gasteiger partial charge in [0.2, 0.25) is 0 Å². The molecule has 0 heterocycles. The lowest BCUT2D eigenvalue weighted by Gasteiger charge is -2.18. The Kier molecular flexibility index (Phi) is 55.7. The van der Waals surface area contributed by atoms with E-state index in [1.807, 2.05) is 0 Å². The maximum atomic E-state index is 12.9. The number of rotatable bonds is 55. The minimum atomic E-state index is -0.779. The molecule has 0 aliphatic rings. The Morgan fingerprint density at radius 3 is 0.899 bits per heavy atom. The molecule has 0 aromatic heterocycles. The second kappa shape index (κ2) is 57.9. The Morgan fingerprint density at radius 2 is 0.565 bits per heavy atom. The van der Waals surface area contributed by atoms with Crippen molar-refractivity contribution in [2.45, 2.75) is 322 Å². The van der Waals surface area contributed by atoms with Crippen LogP contribution in [0.5, 0.6) is 0 Å². The van der Waals surface area contributed by atoms with Crippen LogP contribution in [0.4, 0.5) is 0 Å². The summed E-state index contributed by atoms with van der Waals surface area (Å²) in [6, 6.07) is 0. The normalized spacial score (nSPS) is 12.3. The Morgan fingerprint density at radius 1 is 0.304 bits per heavy atom. The first-order valence-corrected chi connectivity index (χ1v) is 30.1. The lowest BCUT2D eigenvalue weighted by Crippen LogP contribution is -2.30. The van der Waals surface area contributed by atoms with Gasteiger partial charge < -0.3 is 14.2 Å². The number of unbranched alkanes of at least 4 members (excludes halogenated alkanes) is 36. The average molecular weight is 968 g/mol. The number of ether oxygens (including phenoxy) is 3. The SMILES string of the molecule is CC/C=C\C/C=C\C/C=C\CCCCCCCCC(=O)OCC(COC(=O)CCCCCCCCCCCCCCCCCCCC)OC(=O)CCCCCCCCC/C=C\CCCCCCCC. The highest BCUT2D eigenvalue weighted by Gasteiger charge is 2.19. The van der Waals surface area contributed by atoms with E-state index >= 15 is 0 Å². The van der Waals surface area contributed by atoms with Gasteiger partial charge in [0.25, 0.3) is 0 Å². The third kappa shape index (κ3) is 56.2. The minimum absolute atomic E-state index is 0.0757. The van der Waals surface area contributed by atoms with Crippen molar-refractivity contribution in [2.24, 2.45) is 0 Å². The van der Waals surface area contributed by atoms with Crippen molar-refractivity contribution >= 4 is 17.9 Å². The quantitative estimate of drug-likeness (QED) is 0.0262. The van der Waals surface area contributed by atoms with Gasteiger partial charge in [-0.15, -0.1) is 0 Å². The van der Waals surface area contributed by atoms with Gasteiger partial charge in [-0.3, -0.25) is 14.4 Å². The summed E-state index contributed by atoms with van der Waals surface area (Å²) in [5.74, 6) is -0.876. The van der Waals surface area contributed by atoms with Crippen LogP contribution >= 0.6 is 0 Å². The lowest BCUT2D eigenvalue weighted by molar-refractivity contribution is -0.167. The van der Waals surface area contributed by atoms with E-state index in [0.29, 0.717) is 19.3 Å². The number of esters is 3. The van der Waals surface area contributed by atoms with Gasteiger partial charge in [-0.25, -0.2) is 0 Å². The first-order chi connectivity index (χ1) is 34.0. The topological polar surface area (TPSA) is 78.9 Å². The van der Waals surface area contributed by atoms with E-state index in [1.54, 1.807) is 0 Å². The van der Waals surface area contributed by atoms with Crippen molar-refractivity contribution in [1.82, 2.24) is 0 Å². The van der Waals surface area contributed by atoms with Gasteiger partial charge in [-0.05, 0) is 77.0 Å². The molecule has 0 aromatic rings. The molecule has 0 saturated carbocycles. The Balaban J connectivity index is 4.36. The summed E-state index contributed by atoms with van der Waals surface area (Å²) in [4.78, 5) is 38.2. The zero-order valence-electron chi connectivity index (χ0n) is 46.1. The lowest BCUT2D eigenvalue weighted by atomic mass is 10.0. The maximum absolute atomic E-state index is 12.9. The summed E-state index contributed by atoms with van der Waals surface area (Å²) in [6.07, 6.45) is 71.0. The summed E-state index contributed by atoms with van der Waals surface area (Å²) in [7, 11) is 0. The van der Waals surface area contributed by atoms with Gasteiger partial charge in [-0.1, -0.05) is 268 Å². The minimum Gasteiger partial charge on any atom is -0.462 e. The molecule has 402 valence electrons. The Hall–Kier alpha value is -2.63. The molecule has 0 rings (SSSR count). The number of allylic oxidation sites excluding steroid dienone is 8. The molecular formula is C63H114O6. The molecule has 6 nitrogen and oxygen atoms in total. The zero-order valence-corrected chi connectivity index (χ0v) is 46.1. The van der Waals surface area contributed by atoms with Crippen molar-refractivity contribution < 1.29 is 28.6 Å². The van der Waals surface area contributed by atoms with Gasteiger partial charge in [0.05, 0.1) is 0 Å². The van der Waals surface area contributed by atoms with E-state index in [2.05, 4.69) is 69.4 Å². The maximum Gasteiger partial charge on any atom is 0.306 e. The fourth-order valence-electron chi connectivity index (χ4n) is 8.81. The van der Waals surface area contributed by atoms with Gasteiger partial charge >= 0.3 is 17.9 Å². The summed E-state index contributed by atoms with van der Waals surface area (Å²) < 4.78 is 16.9. The predicted octanol–water partition coefficient (Wildman–Crippen LogP) is 20.2. The van der Waals surface area contributed by atoms with Crippen LogP contribution in [0.15, 0.2) is 48.6 Å². The molecule has 0 fully saturated rings. The molecule has 0 saturated heterocycles. The van der Waals surface area contributed by atoms with Crippen LogP contribution in [0, 0.1) is 0 Å². The smallest absolute Gasteiger partial charge is 0.306 e. The van der Waals surface area contributed by atoms with Gasteiger partial charge in [-0.2, -0.15) is 0 Å². The highest BCUT2D eigenvalue weighted by Crippen LogP contribution is 2.17. The number of hydrogen-bond donors (Lipinski definition) is 0. The first kappa shape index (κ1) is 66.4. The molecule has 6 heteroatoms. The highest BCUT2D eigenvalue weighted by molar-refractivity contribution is 5.71. The van der Waals surface area contributed by atoms with Crippen molar-refractivity contribution in [3.63, 3.8) is 0 Å². The van der Waals surface area contributed by atoms with E-state index in [0.717, 1.165) is 83.5 Å². The van der Waals surface area contributed by atoms with E-state index in [1.165, 1.54) is 193 Å². The highest BCUT2D eigenvalue weighted by atomic mass is 16.6. The summed E-state index contributed by atoms with van der Waals surface area (Å²) in [6.45, 7) is 6.56. The number of carbonyl (C=O) groups is 3. The predicted molar refractivity (Wildman–Crippen MR) is 298 cm³/mol. The van der Waals surface area contributed by atoms with Gasteiger partial charge in [0, 0.05) is 19.3 Å². The molecule has 1 unspecified atom stereocenters. The third-order valence-electron chi connectivity index (χ3n) is 13.3. The van der Waals surface area contributed by atoms with Crippen LogP contribution in [-0.4, -0.2) is 37.2 Å². The third-order valence-corrected chi connectivity index (χ3v) is 13.3. The largest absolute Gasteiger partial charge is 0.462 e. The van der Waals surface area contributed by atoms with Crippen LogP contribution in [0.25, 0.3) is 0 Å². The standard InChI is InChI=1S/C63H114O6/c1-4-7-10-13-16-19-22-25-28-31-33-35-38-41-44-47-50-53-56-62(65)68-59-60(58-67-61(64)55-52-49-46-43-40-37-34-30-27-24-21-18-15-12-9-6-3)69-63(66)57-54-51-48-45-42-39-36-32-29-26-23-20-17-14-11-8-5-2/h9,12,18,21,26-27,29-30,60H,4-8,10-11,13-17,19-20,22-25,28,31-59H2,1-3H3/b12-9-,21-18-,29-26-,30-27-. The molecule has 0 bridgehead atoms. The average Bonchev–Trinajstić information content (AvgIpc) is 3.35. The van der Waals surface area contributed by atoms with Gasteiger partial charge in [0.1, 0.15) is 13.2 Å². The monoisotopic (exact) mass is 967 g/mol. The molecule has 69 heavy (non-hydrogen) atoms. The Bertz CT molecular complexity index is 1200. The van der Waals surface area contributed by atoms with Crippen LogP contribution in [0.1, 0.15) is 316 Å². The van der Waals surface area contributed by atoms with Crippen LogP contribution in [0.3, 0.4) is 0 Å². The zero-order chi connectivity index (χ0) is 50.0. The second-order valence-electron chi connectivity index (χ2n) is 20.2. The van der Waals surface area contributed by atoms with Gasteiger partial charge in [0.15, 0.2) is 6.10 Å². The van der Waals surface area contributed by atoms with Crippen molar-refractivity contribution in [3.05, 3.63) is 48.6 Å². The molecule has 0 amide bonds. The van der Waals surface area contributed by atoms with Crippen LogP contribution in [0.2, 0.25) is 0 Å². The fraction of sp³-hybridized carbons (Fsp3) is 0.825. The second-order valence-corrected chi connectivity index (χ2v) is 20.2. The van der Waals surface area contributed by atoms with E-state index in [-0.39, 0.29) is 31.1 Å². The molecule has 0 aliphatic carbocycles. The molecule has 0 spiro atoms. The molecule has 0 radical (unpaired) electrons. The van der Waals surface area contributed by atoms with Crippen molar-refractivity contribution in [2.75, 3.05) is 13.2 Å². The van der Waals surface area contributed by atoms with Crippen molar-refractivity contribution in [1.29, 1.82) is 0 Å². The summed E-state index contributed by atoms with van der Waals surface area (Å²) in [5.41, 5.74) is 0. The number of carbonyl (C=O) groups excluding carboxylic acids is 3. The summed E-state index contributed by atoms with van der Waals surface area (Å²) >= 11 is 0. The van der Waals surface area contributed by atoms with Crippen LogP contribution < -0.4 is 0 Å². The fourth-order valence-corrected chi connectivity index (χ4v) is 8.81. The number of hydrogen-bond acceptors (Lipinski definition) is 6. The first-order valence-electron chi connectivity index (χ1n) is 30.1. The molecule has 0 aliphatic heterocycles. The summed E-state index contributed by atoms with van der Waals surface area (Å²) in [5, 5.41) is 0. The van der Waals surface area contributed by atoms with Crippen LogP contribution in [-0.2, 0) is 28.6 Å². The molecular weight excluding hydrogens is 853 g/mol. The van der Waals surface area contributed by atoms with E-state index < -0.39 is 6.10 Å². The van der Waals surface area contributed by atoms with Crippen molar-refractivity contribution in [3.8, 4) is 0 Å².